The third-order valence-corrected chi connectivity index (χ3v) is 5.35. The number of rotatable bonds is 5. The molecule has 0 atom stereocenters. The summed E-state index contributed by atoms with van der Waals surface area (Å²) in [6, 6.07) is 24.5. The lowest BCUT2D eigenvalue weighted by molar-refractivity contribution is 0.0936. The Morgan fingerprint density at radius 3 is 2.36 bits per heavy atom. The number of aromatic nitrogens is 1. The van der Waals surface area contributed by atoms with E-state index < -0.39 is 0 Å². The minimum absolute atomic E-state index is 0.0335. The molecule has 3 nitrogen and oxygen atoms in total. The fraction of sp³-hybridized carbons (Fsp3) is 0.200. The van der Waals surface area contributed by atoms with Crippen molar-refractivity contribution >= 4 is 27.6 Å². The quantitative estimate of drug-likeness (QED) is 0.471. The Kier molecular flexibility index (Phi) is 5.07. The standard InChI is InChI=1S/C25H24N2O/c1-3-18(4-2)26-25(28)22-16-24(27-23-15-8-7-13-21(22)23)20-14-9-11-17-10-5-6-12-19(17)20/h5-16,18H,3-4H2,1-2H3,(H,26,28). The second-order valence-corrected chi connectivity index (χ2v) is 7.09. The number of amides is 1. The van der Waals surface area contributed by atoms with Crippen LogP contribution in [-0.4, -0.2) is 16.9 Å². The zero-order chi connectivity index (χ0) is 19.5. The van der Waals surface area contributed by atoms with Crippen LogP contribution in [0, 0.1) is 0 Å². The Hall–Kier alpha value is -3.20. The topological polar surface area (TPSA) is 42.0 Å². The molecule has 3 aromatic carbocycles. The molecular weight excluding hydrogens is 344 g/mol. The number of benzene rings is 3. The SMILES string of the molecule is CCC(CC)NC(=O)c1cc(-c2cccc3ccccc23)nc2ccccc12. The Bertz CT molecular complexity index is 1140. The maximum atomic E-state index is 13.1. The number of fused-ring (bicyclic) bond motifs is 2. The van der Waals surface area contributed by atoms with Gasteiger partial charge in [0.1, 0.15) is 0 Å². The van der Waals surface area contributed by atoms with Gasteiger partial charge in [0, 0.05) is 17.0 Å². The van der Waals surface area contributed by atoms with Crippen LogP contribution in [0.15, 0.2) is 72.8 Å². The number of hydrogen-bond acceptors (Lipinski definition) is 2. The van der Waals surface area contributed by atoms with Crippen molar-refractivity contribution in [3.05, 3.63) is 78.4 Å². The van der Waals surface area contributed by atoms with Crippen LogP contribution in [0.3, 0.4) is 0 Å². The average molecular weight is 368 g/mol. The van der Waals surface area contributed by atoms with E-state index in [-0.39, 0.29) is 11.9 Å². The minimum Gasteiger partial charge on any atom is -0.349 e. The minimum atomic E-state index is -0.0335. The van der Waals surface area contributed by atoms with Crippen molar-refractivity contribution in [2.75, 3.05) is 0 Å². The Morgan fingerprint density at radius 2 is 1.57 bits per heavy atom. The average Bonchev–Trinajstić information content (AvgIpc) is 2.76. The summed E-state index contributed by atoms with van der Waals surface area (Å²) < 4.78 is 0. The molecular formula is C25H24N2O. The molecule has 0 saturated carbocycles. The predicted molar refractivity (Wildman–Crippen MR) is 117 cm³/mol. The lowest BCUT2D eigenvalue weighted by atomic mass is 9.98. The fourth-order valence-corrected chi connectivity index (χ4v) is 3.71. The molecule has 0 aliphatic heterocycles. The van der Waals surface area contributed by atoms with Gasteiger partial charge in [-0.25, -0.2) is 4.98 Å². The molecule has 3 heteroatoms. The van der Waals surface area contributed by atoms with Crippen molar-refractivity contribution in [3.8, 4) is 11.3 Å². The van der Waals surface area contributed by atoms with Gasteiger partial charge in [-0.05, 0) is 35.7 Å². The van der Waals surface area contributed by atoms with Crippen molar-refractivity contribution in [1.82, 2.24) is 10.3 Å². The van der Waals surface area contributed by atoms with Gasteiger partial charge < -0.3 is 5.32 Å². The summed E-state index contributed by atoms with van der Waals surface area (Å²) in [5, 5.41) is 6.36. The van der Waals surface area contributed by atoms with Crippen LogP contribution in [0.5, 0.6) is 0 Å². The van der Waals surface area contributed by atoms with E-state index in [9.17, 15) is 4.79 Å². The molecule has 0 aliphatic carbocycles. The first-order valence-corrected chi connectivity index (χ1v) is 9.90. The van der Waals surface area contributed by atoms with Gasteiger partial charge in [-0.15, -0.1) is 0 Å². The molecule has 1 N–H and O–H groups in total. The van der Waals surface area contributed by atoms with Crippen molar-refractivity contribution in [2.45, 2.75) is 32.7 Å². The Labute approximate surface area is 165 Å². The number of pyridine rings is 1. The summed E-state index contributed by atoms with van der Waals surface area (Å²) in [5.74, 6) is -0.0335. The van der Waals surface area contributed by atoms with Crippen LogP contribution in [0.1, 0.15) is 37.0 Å². The monoisotopic (exact) mass is 368 g/mol. The summed E-state index contributed by atoms with van der Waals surface area (Å²) in [5.41, 5.74) is 3.38. The predicted octanol–water partition coefficient (Wildman–Crippen LogP) is 5.97. The molecule has 140 valence electrons. The van der Waals surface area contributed by atoms with E-state index in [1.165, 1.54) is 0 Å². The molecule has 1 heterocycles. The summed E-state index contributed by atoms with van der Waals surface area (Å²) in [6.45, 7) is 4.20. The van der Waals surface area contributed by atoms with Gasteiger partial charge in [-0.3, -0.25) is 4.79 Å². The number of nitrogens with one attached hydrogen (secondary N) is 1. The third-order valence-electron chi connectivity index (χ3n) is 5.35. The Balaban J connectivity index is 1.90. The lowest BCUT2D eigenvalue weighted by Crippen LogP contribution is -2.34. The molecule has 28 heavy (non-hydrogen) atoms. The zero-order valence-electron chi connectivity index (χ0n) is 16.3. The van der Waals surface area contributed by atoms with E-state index in [0.29, 0.717) is 5.56 Å². The van der Waals surface area contributed by atoms with Crippen LogP contribution < -0.4 is 5.32 Å². The van der Waals surface area contributed by atoms with Gasteiger partial charge in [-0.2, -0.15) is 0 Å². The van der Waals surface area contributed by atoms with Gasteiger partial charge in [0.05, 0.1) is 16.8 Å². The largest absolute Gasteiger partial charge is 0.349 e. The summed E-state index contributed by atoms with van der Waals surface area (Å²) >= 11 is 0. The molecule has 4 aromatic rings. The highest BCUT2D eigenvalue weighted by molar-refractivity contribution is 6.08. The van der Waals surface area contributed by atoms with Gasteiger partial charge in [0.15, 0.2) is 0 Å². The summed E-state index contributed by atoms with van der Waals surface area (Å²) in [7, 11) is 0. The zero-order valence-corrected chi connectivity index (χ0v) is 16.3. The van der Waals surface area contributed by atoms with Crippen LogP contribution >= 0.6 is 0 Å². The first-order valence-electron chi connectivity index (χ1n) is 9.90. The highest BCUT2D eigenvalue weighted by Gasteiger charge is 2.17. The summed E-state index contributed by atoms with van der Waals surface area (Å²) in [6.07, 6.45) is 1.84. The van der Waals surface area contributed by atoms with Gasteiger partial charge in [0.2, 0.25) is 0 Å². The molecule has 4 rings (SSSR count). The second kappa shape index (κ2) is 7.81. The van der Waals surface area contributed by atoms with Gasteiger partial charge in [-0.1, -0.05) is 74.5 Å². The normalized spacial score (nSPS) is 11.2. The van der Waals surface area contributed by atoms with Gasteiger partial charge in [0.25, 0.3) is 5.91 Å². The summed E-state index contributed by atoms with van der Waals surface area (Å²) in [4.78, 5) is 18.0. The smallest absolute Gasteiger partial charge is 0.252 e. The van der Waals surface area contributed by atoms with E-state index in [4.69, 9.17) is 4.98 Å². The molecule has 0 saturated heterocycles. The second-order valence-electron chi connectivity index (χ2n) is 7.09. The molecule has 0 bridgehead atoms. The molecule has 0 spiro atoms. The lowest BCUT2D eigenvalue weighted by Gasteiger charge is -2.16. The van der Waals surface area contributed by atoms with Gasteiger partial charge >= 0.3 is 0 Å². The first kappa shape index (κ1) is 18.2. The van der Waals surface area contributed by atoms with Crippen molar-refractivity contribution in [1.29, 1.82) is 0 Å². The number of carbonyl (C=O) groups excluding carboxylic acids is 1. The molecule has 0 radical (unpaired) electrons. The van der Waals surface area contributed by atoms with E-state index in [0.717, 1.165) is 45.8 Å². The molecule has 0 fully saturated rings. The highest BCUT2D eigenvalue weighted by atomic mass is 16.1. The number of hydrogen-bond donors (Lipinski definition) is 1. The van der Waals surface area contributed by atoms with Crippen LogP contribution in [-0.2, 0) is 0 Å². The van der Waals surface area contributed by atoms with Crippen LogP contribution in [0.4, 0.5) is 0 Å². The van der Waals surface area contributed by atoms with Crippen molar-refractivity contribution < 1.29 is 4.79 Å². The van der Waals surface area contributed by atoms with Crippen molar-refractivity contribution in [3.63, 3.8) is 0 Å². The third kappa shape index (κ3) is 3.36. The van der Waals surface area contributed by atoms with Crippen LogP contribution in [0.2, 0.25) is 0 Å². The fourth-order valence-electron chi connectivity index (χ4n) is 3.71. The Morgan fingerprint density at radius 1 is 0.893 bits per heavy atom. The van der Waals surface area contributed by atoms with Crippen molar-refractivity contribution in [2.24, 2.45) is 0 Å². The van der Waals surface area contributed by atoms with E-state index >= 15 is 0 Å². The molecule has 1 aromatic heterocycles. The number of para-hydroxylation sites is 1. The molecule has 0 aliphatic rings. The number of nitrogens with zero attached hydrogens (tertiary/aromatic N) is 1. The first-order chi connectivity index (χ1) is 13.7. The molecule has 1 amide bonds. The maximum absolute atomic E-state index is 13.1. The van der Waals surface area contributed by atoms with E-state index in [2.05, 4.69) is 43.4 Å². The number of carbonyl (C=O) groups is 1. The highest BCUT2D eigenvalue weighted by Crippen LogP contribution is 2.30. The van der Waals surface area contributed by atoms with E-state index in [1.807, 2.05) is 48.5 Å². The van der Waals surface area contributed by atoms with Crippen LogP contribution in [0.25, 0.3) is 32.9 Å². The van der Waals surface area contributed by atoms with E-state index in [1.54, 1.807) is 0 Å². The maximum Gasteiger partial charge on any atom is 0.252 e. The molecule has 0 unspecified atom stereocenters.